The van der Waals surface area contributed by atoms with Crippen LogP contribution in [0.15, 0.2) is 54.2 Å². The number of halogens is 2. The van der Waals surface area contributed by atoms with Crippen molar-refractivity contribution in [2.45, 2.75) is 39.7 Å². The quantitative estimate of drug-likeness (QED) is 0.457. The lowest BCUT2D eigenvalue weighted by molar-refractivity contribution is -0.128. The van der Waals surface area contributed by atoms with Crippen LogP contribution in [0.4, 0.5) is 20.3 Å². The van der Waals surface area contributed by atoms with Crippen LogP contribution in [0.25, 0.3) is 11.3 Å². The number of benzene rings is 1. The van der Waals surface area contributed by atoms with Crippen molar-refractivity contribution in [3.05, 3.63) is 77.6 Å². The van der Waals surface area contributed by atoms with Gasteiger partial charge in [0, 0.05) is 31.9 Å². The zero-order valence-corrected chi connectivity index (χ0v) is 23.0. The number of aliphatic imine (C=N–C) groups is 1. The molecule has 1 N–H and O–H groups in total. The number of carbonyl (C=O) groups is 1. The first-order valence-electron chi connectivity index (χ1n) is 13.3. The predicted octanol–water partition coefficient (Wildman–Crippen LogP) is 5.13. The van der Waals surface area contributed by atoms with E-state index in [9.17, 15) is 14.3 Å². The summed E-state index contributed by atoms with van der Waals surface area (Å²) in [5.74, 6) is -1.09. The third-order valence-electron chi connectivity index (χ3n) is 7.40. The number of hydrogen-bond acceptors (Lipinski definition) is 7. The summed E-state index contributed by atoms with van der Waals surface area (Å²) in [5, 5.41) is 10.5. The number of anilines is 2. The van der Waals surface area contributed by atoms with Crippen molar-refractivity contribution >= 4 is 23.2 Å². The Balaban J connectivity index is 1.68. The average molecular weight is 547 g/mol. The third-order valence-corrected chi connectivity index (χ3v) is 7.40. The number of phenols is 1. The topological polar surface area (TPSA) is 85.2 Å². The molecule has 0 unspecified atom stereocenters. The fourth-order valence-electron chi connectivity index (χ4n) is 5.43. The minimum Gasteiger partial charge on any atom is -0.507 e. The number of nitrogens with zero attached hydrogens (tertiary/aromatic N) is 6. The summed E-state index contributed by atoms with van der Waals surface area (Å²) in [6.45, 7) is 13.2. The summed E-state index contributed by atoms with van der Waals surface area (Å²) in [4.78, 5) is 32.1. The molecule has 0 spiro atoms. The SMILES string of the molecule is C=CC(=O)N1CCN(C2=NCN(c3c(C)ccnc3C(C)C)c3nc(-c4c(O)cccc4F)c(F)cc32)[C@@H](C)C1. The van der Waals surface area contributed by atoms with Crippen LogP contribution < -0.4 is 4.90 Å². The molecule has 8 nitrogen and oxygen atoms in total. The molecular formula is C30H32F2N6O2. The summed E-state index contributed by atoms with van der Waals surface area (Å²) in [5.41, 5.74) is 2.42. The molecule has 2 aromatic heterocycles. The average Bonchev–Trinajstić information content (AvgIpc) is 2.92. The molecule has 0 saturated carbocycles. The standard InChI is InChI=1S/C30H32F2N6O2/c1-6-24(40)36-12-13-37(19(5)15-36)29-20-14-22(32)27(25-21(31)8-7-9-23(25)39)35-30(20)38(16-34-29)28-18(4)10-11-33-26(28)17(2)3/h6-11,14,17,19,39H,1,12-13,15-16H2,2-5H3/t19-/m0/s1. The number of carbonyl (C=O) groups excluding carboxylic acids is 1. The van der Waals surface area contributed by atoms with Gasteiger partial charge in [-0.3, -0.25) is 9.78 Å². The van der Waals surface area contributed by atoms with Gasteiger partial charge in [0.25, 0.3) is 0 Å². The Morgan fingerprint density at radius 2 is 1.98 bits per heavy atom. The van der Waals surface area contributed by atoms with E-state index in [1.54, 1.807) is 11.1 Å². The Labute approximate surface area is 232 Å². The van der Waals surface area contributed by atoms with Crippen molar-refractivity contribution < 1.29 is 18.7 Å². The van der Waals surface area contributed by atoms with Crippen molar-refractivity contribution in [1.29, 1.82) is 0 Å². The van der Waals surface area contributed by atoms with Gasteiger partial charge in [0.1, 0.15) is 35.6 Å². The zero-order chi connectivity index (χ0) is 28.7. The lowest BCUT2D eigenvalue weighted by atomic mass is 10.0. The number of rotatable bonds is 4. The molecule has 1 amide bonds. The number of amidine groups is 1. The van der Waals surface area contributed by atoms with Crippen LogP contribution in [0.2, 0.25) is 0 Å². The highest BCUT2D eigenvalue weighted by Crippen LogP contribution is 2.41. The van der Waals surface area contributed by atoms with Crippen LogP contribution in [-0.4, -0.2) is 69.0 Å². The largest absolute Gasteiger partial charge is 0.507 e. The Morgan fingerprint density at radius 3 is 2.65 bits per heavy atom. The molecule has 1 fully saturated rings. The van der Waals surface area contributed by atoms with Gasteiger partial charge in [0.15, 0.2) is 5.82 Å². The molecule has 0 radical (unpaired) electrons. The smallest absolute Gasteiger partial charge is 0.246 e. The molecule has 4 heterocycles. The summed E-state index contributed by atoms with van der Waals surface area (Å²) in [6.07, 6.45) is 3.05. The monoisotopic (exact) mass is 546 g/mol. The maximum absolute atomic E-state index is 15.8. The molecule has 2 aliphatic heterocycles. The molecule has 2 aliphatic rings. The highest BCUT2D eigenvalue weighted by atomic mass is 19.1. The van der Waals surface area contributed by atoms with Gasteiger partial charge in [0.05, 0.1) is 22.5 Å². The fourth-order valence-corrected chi connectivity index (χ4v) is 5.43. The third kappa shape index (κ3) is 4.67. The van der Waals surface area contributed by atoms with Crippen molar-refractivity contribution in [3.8, 4) is 17.0 Å². The molecule has 1 atom stereocenters. The summed E-state index contributed by atoms with van der Waals surface area (Å²) in [7, 11) is 0. The molecule has 208 valence electrons. The van der Waals surface area contributed by atoms with E-state index in [1.165, 1.54) is 24.3 Å². The van der Waals surface area contributed by atoms with Crippen LogP contribution in [0.5, 0.6) is 5.75 Å². The number of pyridine rings is 2. The number of aromatic hydroxyl groups is 1. The second-order valence-electron chi connectivity index (χ2n) is 10.4. The maximum Gasteiger partial charge on any atom is 0.246 e. The van der Waals surface area contributed by atoms with Crippen molar-refractivity contribution in [2.24, 2.45) is 4.99 Å². The van der Waals surface area contributed by atoms with Gasteiger partial charge in [-0.25, -0.2) is 18.8 Å². The van der Waals surface area contributed by atoms with Crippen LogP contribution in [-0.2, 0) is 4.79 Å². The number of amides is 1. The molecule has 3 aromatic rings. The van der Waals surface area contributed by atoms with Gasteiger partial charge in [-0.2, -0.15) is 0 Å². The van der Waals surface area contributed by atoms with E-state index in [0.29, 0.717) is 36.9 Å². The lowest BCUT2D eigenvalue weighted by Gasteiger charge is -2.43. The minimum absolute atomic E-state index is 0.0785. The first kappa shape index (κ1) is 27.2. The molecule has 10 heteroatoms. The number of fused-ring (bicyclic) bond motifs is 1. The first-order valence-corrected chi connectivity index (χ1v) is 13.3. The Kier molecular flexibility index (Phi) is 7.27. The van der Waals surface area contributed by atoms with Crippen LogP contribution in [0.3, 0.4) is 0 Å². The van der Waals surface area contributed by atoms with E-state index >= 15 is 4.39 Å². The lowest BCUT2D eigenvalue weighted by Crippen LogP contribution is -2.56. The number of piperazine rings is 1. The molecule has 0 bridgehead atoms. The summed E-state index contributed by atoms with van der Waals surface area (Å²) < 4.78 is 30.7. The highest BCUT2D eigenvalue weighted by molar-refractivity contribution is 6.06. The van der Waals surface area contributed by atoms with Crippen molar-refractivity contribution in [3.63, 3.8) is 0 Å². The predicted molar refractivity (Wildman–Crippen MR) is 151 cm³/mol. The van der Waals surface area contributed by atoms with E-state index in [1.807, 2.05) is 43.6 Å². The van der Waals surface area contributed by atoms with Gasteiger partial charge >= 0.3 is 0 Å². The number of aryl methyl sites for hydroxylation is 1. The van der Waals surface area contributed by atoms with E-state index in [4.69, 9.17) is 4.99 Å². The van der Waals surface area contributed by atoms with Crippen molar-refractivity contribution in [1.82, 2.24) is 19.8 Å². The van der Waals surface area contributed by atoms with E-state index < -0.39 is 17.4 Å². The Bertz CT molecular complexity index is 1500. The Hall–Kier alpha value is -4.34. The van der Waals surface area contributed by atoms with Gasteiger partial charge in [0.2, 0.25) is 5.91 Å². The fraction of sp³-hybridized carbons (Fsp3) is 0.333. The number of phenolic OH excluding ortho intramolecular Hbond substituents is 1. The second kappa shape index (κ2) is 10.7. The van der Waals surface area contributed by atoms with Gasteiger partial charge in [-0.15, -0.1) is 0 Å². The van der Waals surface area contributed by atoms with Gasteiger partial charge in [-0.1, -0.05) is 26.5 Å². The van der Waals surface area contributed by atoms with Crippen molar-refractivity contribution in [2.75, 3.05) is 31.2 Å². The van der Waals surface area contributed by atoms with E-state index in [0.717, 1.165) is 23.0 Å². The van der Waals surface area contributed by atoms with Crippen LogP contribution >= 0.6 is 0 Å². The van der Waals surface area contributed by atoms with E-state index in [2.05, 4.69) is 16.5 Å². The van der Waals surface area contributed by atoms with Gasteiger partial charge in [-0.05, 0) is 55.7 Å². The molecule has 1 saturated heterocycles. The molecular weight excluding hydrogens is 514 g/mol. The molecule has 5 rings (SSSR count). The number of aromatic nitrogens is 2. The number of hydrogen-bond donors (Lipinski definition) is 1. The molecule has 40 heavy (non-hydrogen) atoms. The van der Waals surface area contributed by atoms with Crippen LogP contribution in [0.1, 0.15) is 43.5 Å². The first-order chi connectivity index (χ1) is 19.1. The Morgan fingerprint density at radius 1 is 1.20 bits per heavy atom. The van der Waals surface area contributed by atoms with Gasteiger partial charge < -0.3 is 19.8 Å². The molecule has 0 aliphatic carbocycles. The van der Waals surface area contributed by atoms with E-state index in [-0.39, 0.29) is 35.8 Å². The maximum atomic E-state index is 15.8. The normalized spacial score (nSPS) is 17.1. The van der Waals surface area contributed by atoms with Crippen LogP contribution in [0, 0.1) is 18.6 Å². The summed E-state index contributed by atoms with van der Waals surface area (Å²) in [6, 6.07) is 6.91. The zero-order valence-electron chi connectivity index (χ0n) is 23.0. The second-order valence-corrected chi connectivity index (χ2v) is 10.4. The summed E-state index contributed by atoms with van der Waals surface area (Å²) >= 11 is 0. The molecule has 1 aromatic carbocycles. The minimum atomic E-state index is -0.784. The highest BCUT2D eigenvalue weighted by Gasteiger charge is 2.35.